The van der Waals surface area contributed by atoms with E-state index >= 15 is 0 Å². The molecule has 0 spiro atoms. The first-order valence-electron chi connectivity index (χ1n) is 11.8. The van der Waals surface area contributed by atoms with E-state index < -0.39 is 16.1 Å². The fraction of sp³-hybridized carbons (Fsp3) is 0.520. The van der Waals surface area contributed by atoms with Crippen LogP contribution < -0.4 is 10.5 Å². The second-order valence-corrected chi connectivity index (χ2v) is 10.0. The highest BCUT2D eigenvalue weighted by Crippen LogP contribution is 2.22. The number of aliphatic hydroxyl groups is 2. The van der Waals surface area contributed by atoms with Gasteiger partial charge in [-0.15, -0.1) is 0 Å². The van der Waals surface area contributed by atoms with Crippen molar-refractivity contribution in [2.45, 2.75) is 62.6 Å². The third kappa shape index (κ3) is 10.5. The zero-order chi connectivity index (χ0) is 24.8. The van der Waals surface area contributed by atoms with Gasteiger partial charge >= 0.3 is 0 Å². The smallest absolute Gasteiger partial charge is 0.238 e. The highest BCUT2D eigenvalue weighted by atomic mass is 32.2. The zero-order valence-electron chi connectivity index (χ0n) is 19.7. The van der Waals surface area contributed by atoms with Crippen LogP contribution in [0.3, 0.4) is 0 Å². The number of hydrogen-bond donors (Lipinski definition) is 5. The van der Waals surface area contributed by atoms with Crippen LogP contribution in [0, 0.1) is 0 Å². The molecule has 0 heterocycles. The van der Waals surface area contributed by atoms with Crippen molar-refractivity contribution in [2.24, 2.45) is 5.14 Å². The zero-order valence-corrected chi connectivity index (χ0v) is 20.5. The molecular formula is C25H38N2O6S. The summed E-state index contributed by atoms with van der Waals surface area (Å²) in [6, 6.07) is 11.6. The minimum absolute atomic E-state index is 0.0274. The van der Waals surface area contributed by atoms with Crippen molar-refractivity contribution in [1.82, 2.24) is 5.32 Å². The molecule has 2 aromatic rings. The van der Waals surface area contributed by atoms with E-state index in [1.165, 1.54) is 12.1 Å². The Bertz CT molecular complexity index is 968. The molecule has 0 unspecified atom stereocenters. The molecule has 2 aromatic carbocycles. The van der Waals surface area contributed by atoms with E-state index in [4.69, 9.17) is 9.88 Å². The van der Waals surface area contributed by atoms with Crippen molar-refractivity contribution in [3.05, 3.63) is 59.2 Å². The van der Waals surface area contributed by atoms with Gasteiger partial charge in [0.05, 0.1) is 17.6 Å². The second-order valence-electron chi connectivity index (χ2n) is 8.44. The van der Waals surface area contributed by atoms with Gasteiger partial charge in [-0.3, -0.25) is 0 Å². The number of ether oxygens (including phenoxy) is 1. The van der Waals surface area contributed by atoms with Crippen molar-refractivity contribution in [3.63, 3.8) is 0 Å². The van der Waals surface area contributed by atoms with E-state index in [9.17, 15) is 23.7 Å². The van der Waals surface area contributed by atoms with Crippen LogP contribution in [0.2, 0.25) is 0 Å². The molecule has 2 rings (SSSR count). The summed E-state index contributed by atoms with van der Waals surface area (Å²) in [6.07, 6.45) is 6.17. The van der Waals surface area contributed by atoms with Gasteiger partial charge in [0.2, 0.25) is 10.0 Å². The van der Waals surface area contributed by atoms with Gasteiger partial charge < -0.3 is 25.4 Å². The normalized spacial score (nSPS) is 12.7. The Morgan fingerprint density at radius 2 is 1.71 bits per heavy atom. The number of nitrogens with one attached hydrogen (secondary N) is 1. The van der Waals surface area contributed by atoms with Crippen LogP contribution in [0.4, 0.5) is 0 Å². The number of aromatic hydroxyl groups is 1. The number of rotatable bonds is 17. The first kappa shape index (κ1) is 28.2. The number of benzene rings is 2. The summed E-state index contributed by atoms with van der Waals surface area (Å²) in [6.45, 7) is 2.36. The van der Waals surface area contributed by atoms with Crippen LogP contribution in [-0.4, -0.2) is 50.0 Å². The minimum atomic E-state index is -3.65. The van der Waals surface area contributed by atoms with Crippen molar-refractivity contribution < 1.29 is 28.5 Å². The number of hydrogen-bond acceptors (Lipinski definition) is 7. The lowest BCUT2D eigenvalue weighted by Gasteiger charge is -2.14. The first-order valence-corrected chi connectivity index (χ1v) is 13.4. The highest BCUT2D eigenvalue weighted by molar-refractivity contribution is 7.89. The Morgan fingerprint density at radius 1 is 0.971 bits per heavy atom. The largest absolute Gasteiger partial charge is 0.508 e. The molecule has 0 aromatic heterocycles. The summed E-state index contributed by atoms with van der Waals surface area (Å²) in [5, 5.41) is 37.4. The van der Waals surface area contributed by atoms with Crippen LogP contribution in [0.5, 0.6) is 5.75 Å². The van der Waals surface area contributed by atoms with Crippen LogP contribution in [0.25, 0.3) is 0 Å². The van der Waals surface area contributed by atoms with Gasteiger partial charge in [-0.2, -0.15) is 0 Å². The number of nitrogens with two attached hydrogens (primary N) is 1. The van der Waals surface area contributed by atoms with E-state index in [0.717, 1.165) is 63.7 Å². The van der Waals surface area contributed by atoms with Crippen molar-refractivity contribution in [1.29, 1.82) is 0 Å². The molecule has 0 radical (unpaired) electrons. The highest BCUT2D eigenvalue weighted by Gasteiger charge is 2.10. The van der Waals surface area contributed by atoms with Gasteiger partial charge in [-0.1, -0.05) is 31.0 Å². The molecule has 0 aliphatic heterocycles. The molecule has 0 aliphatic rings. The van der Waals surface area contributed by atoms with Gasteiger partial charge in [0.15, 0.2) is 0 Å². The minimum Gasteiger partial charge on any atom is -0.508 e. The average molecular weight is 495 g/mol. The van der Waals surface area contributed by atoms with E-state index in [1.807, 2.05) is 6.07 Å². The molecule has 6 N–H and O–H groups in total. The molecule has 0 fully saturated rings. The molecule has 9 heteroatoms. The Morgan fingerprint density at radius 3 is 2.44 bits per heavy atom. The maximum atomic E-state index is 11.4. The molecule has 1 atom stereocenters. The first-order chi connectivity index (χ1) is 16.3. The fourth-order valence-electron chi connectivity index (χ4n) is 3.62. The van der Waals surface area contributed by atoms with Gasteiger partial charge in [0.1, 0.15) is 5.75 Å². The van der Waals surface area contributed by atoms with Crippen LogP contribution in [-0.2, 0) is 27.8 Å². The summed E-state index contributed by atoms with van der Waals surface area (Å²) in [4.78, 5) is 0.166. The van der Waals surface area contributed by atoms with Gasteiger partial charge in [0.25, 0.3) is 0 Å². The fourth-order valence-corrected chi connectivity index (χ4v) is 4.20. The monoisotopic (exact) mass is 494 g/mol. The van der Waals surface area contributed by atoms with Crippen LogP contribution in [0.1, 0.15) is 61.3 Å². The van der Waals surface area contributed by atoms with E-state index in [-0.39, 0.29) is 17.3 Å². The third-order valence-electron chi connectivity index (χ3n) is 5.62. The summed E-state index contributed by atoms with van der Waals surface area (Å²) < 4.78 is 28.5. The lowest BCUT2D eigenvalue weighted by Crippen LogP contribution is -2.22. The van der Waals surface area contributed by atoms with Gasteiger partial charge in [-0.25, -0.2) is 13.6 Å². The number of unbranched alkanes of at least 4 members (excludes halogenated alkanes) is 4. The van der Waals surface area contributed by atoms with Crippen molar-refractivity contribution in [2.75, 3.05) is 26.3 Å². The second kappa shape index (κ2) is 15.1. The topological polar surface area (TPSA) is 142 Å². The van der Waals surface area contributed by atoms with Gasteiger partial charge in [0, 0.05) is 25.3 Å². The number of aliphatic hydroxyl groups excluding tert-OH is 2. The number of phenols is 1. The molecule has 34 heavy (non-hydrogen) atoms. The molecule has 0 aliphatic carbocycles. The SMILES string of the molecule is NS(=O)(=O)c1cccc(CCCCCCOCCCCNC[C@H](O)c2ccc(O)c(CO)c2)c1. The molecule has 0 bridgehead atoms. The summed E-state index contributed by atoms with van der Waals surface area (Å²) in [5.41, 5.74) is 2.06. The summed E-state index contributed by atoms with van der Waals surface area (Å²) >= 11 is 0. The Labute approximate surface area is 202 Å². The average Bonchev–Trinajstić information content (AvgIpc) is 2.81. The quantitative estimate of drug-likeness (QED) is 0.213. The molecule has 8 nitrogen and oxygen atoms in total. The van der Waals surface area contributed by atoms with E-state index in [1.54, 1.807) is 24.3 Å². The van der Waals surface area contributed by atoms with Crippen molar-refractivity contribution >= 4 is 10.0 Å². The Hall–Kier alpha value is -2.01. The standard InChI is InChI=1S/C25H38N2O6S/c26-34(31,32)23-10-7-9-20(16-23)8-3-1-2-5-14-33-15-6-4-13-27-18-25(30)21-11-12-24(29)22(17-21)19-28/h7,9-12,16-17,25,27-30H,1-6,8,13-15,18-19H2,(H2,26,31,32)/t25-/m0/s1. The number of primary sulfonamides is 1. The molecular weight excluding hydrogens is 456 g/mol. The van der Waals surface area contributed by atoms with E-state index in [2.05, 4.69) is 5.32 Å². The van der Waals surface area contributed by atoms with Crippen LogP contribution >= 0.6 is 0 Å². The van der Waals surface area contributed by atoms with Gasteiger partial charge in [-0.05, 0) is 74.0 Å². The molecule has 0 saturated carbocycles. The summed E-state index contributed by atoms with van der Waals surface area (Å²) in [7, 11) is -3.65. The number of aryl methyl sites for hydroxylation is 1. The number of sulfonamides is 1. The lowest BCUT2D eigenvalue weighted by atomic mass is 10.1. The predicted octanol–water partition coefficient (Wildman–Crippen LogP) is 2.75. The Balaban J connectivity index is 1.43. The maximum Gasteiger partial charge on any atom is 0.238 e. The predicted molar refractivity (Wildman–Crippen MR) is 132 cm³/mol. The van der Waals surface area contributed by atoms with E-state index in [0.29, 0.717) is 24.3 Å². The summed E-state index contributed by atoms with van der Waals surface area (Å²) in [5.74, 6) is 0.0274. The molecule has 0 saturated heterocycles. The molecule has 0 amide bonds. The van der Waals surface area contributed by atoms with Crippen molar-refractivity contribution in [3.8, 4) is 5.75 Å². The maximum absolute atomic E-state index is 11.4. The third-order valence-corrected chi connectivity index (χ3v) is 6.53. The lowest BCUT2D eigenvalue weighted by molar-refractivity contribution is 0.125. The Kier molecular flexibility index (Phi) is 12.5. The van der Waals surface area contributed by atoms with Crippen LogP contribution in [0.15, 0.2) is 47.4 Å². The molecule has 190 valence electrons.